The van der Waals surface area contributed by atoms with Crippen molar-refractivity contribution in [1.82, 2.24) is 5.32 Å². The maximum absolute atomic E-state index is 5.19. The van der Waals surface area contributed by atoms with Gasteiger partial charge in [0.25, 0.3) is 0 Å². The lowest BCUT2D eigenvalue weighted by atomic mass is 10.1. The van der Waals surface area contributed by atoms with E-state index in [1.165, 1.54) is 10.5 Å². The van der Waals surface area contributed by atoms with E-state index in [2.05, 4.69) is 29.6 Å². The topological polar surface area (TPSA) is 21.3 Å². The SMILES string of the molecule is CNCCc1ccccc1SC1COC1. The molecular formula is C12H17NOS. The molecule has 3 heteroatoms. The minimum atomic E-state index is 0.667. The maximum atomic E-state index is 5.19. The summed E-state index contributed by atoms with van der Waals surface area (Å²) in [6.45, 7) is 2.86. The van der Waals surface area contributed by atoms with Gasteiger partial charge in [0.2, 0.25) is 0 Å². The van der Waals surface area contributed by atoms with Crippen LogP contribution in [0.25, 0.3) is 0 Å². The van der Waals surface area contributed by atoms with Crippen LogP contribution < -0.4 is 5.32 Å². The Balaban J connectivity index is 1.99. The van der Waals surface area contributed by atoms with E-state index in [-0.39, 0.29) is 0 Å². The van der Waals surface area contributed by atoms with Crippen LogP contribution in [-0.2, 0) is 11.2 Å². The summed E-state index contributed by atoms with van der Waals surface area (Å²) in [5.41, 5.74) is 1.45. The lowest BCUT2D eigenvalue weighted by molar-refractivity contribution is 0.0455. The number of nitrogens with one attached hydrogen (secondary N) is 1. The summed E-state index contributed by atoms with van der Waals surface area (Å²) in [5.74, 6) is 0. The number of benzene rings is 1. The van der Waals surface area contributed by atoms with Crippen LogP contribution >= 0.6 is 11.8 Å². The van der Waals surface area contributed by atoms with E-state index in [9.17, 15) is 0 Å². The third-order valence-electron chi connectivity index (χ3n) is 2.52. The average molecular weight is 223 g/mol. The van der Waals surface area contributed by atoms with Gasteiger partial charge in [-0.3, -0.25) is 0 Å². The lowest BCUT2D eigenvalue weighted by Crippen LogP contribution is -2.30. The predicted molar refractivity (Wildman–Crippen MR) is 64.5 cm³/mol. The monoisotopic (exact) mass is 223 g/mol. The van der Waals surface area contributed by atoms with Gasteiger partial charge in [-0.25, -0.2) is 0 Å². The van der Waals surface area contributed by atoms with E-state index in [0.717, 1.165) is 26.2 Å². The average Bonchev–Trinajstić information content (AvgIpc) is 2.22. The minimum absolute atomic E-state index is 0.667. The molecule has 0 atom stereocenters. The molecule has 2 nitrogen and oxygen atoms in total. The third kappa shape index (κ3) is 2.97. The maximum Gasteiger partial charge on any atom is 0.0611 e. The Hall–Kier alpha value is -0.510. The Morgan fingerprint density at radius 1 is 1.40 bits per heavy atom. The molecular weight excluding hydrogens is 206 g/mol. The summed E-state index contributed by atoms with van der Waals surface area (Å²) >= 11 is 1.95. The third-order valence-corrected chi connectivity index (χ3v) is 3.78. The van der Waals surface area contributed by atoms with Crippen molar-refractivity contribution in [1.29, 1.82) is 0 Å². The molecule has 1 N–H and O–H groups in total. The Morgan fingerprint density at radius 2 is 2.20 bits per heavy atom. The van der Waals surface area contributed by atoms with Gasteiger partial charge in [-0.1, -0.05) is 18.2 Å². The number of ether oxygens (including phenoxy) is 1. The molecule has 0 amide bonds. The van der Waals surface area contributed by atoms with Crippen LogP contribution in [0.4, 0.5) is 0 Å². The fourth-order valence-electron chi connectivity index (χ4n) is 1.55. The first-order chi connectivity index (χ1) is 7.40. The van der Waals surface area contributed by atoms with Gasteiger partial charge in [-0.2, -0.15) is 0 Å². The first-order valence-electron chi connectivity index (χ1n) is 5.37. The lowest BCUT2D eigenvalue weighted by Gasteiger charge is -2.26. The molecule has 0 radical (unpaired) electrons. The summed E-state index contributed by atoms with van der Waals surface area (Å²) < 4.78 is 5.19. The normalized spacial score (nSPS) is 16.3. The van der Waals surface area contributed by atoms with Gasteiger partial charge in [0.15, 0.2) is 0 Å². The van der Waals surface area contributed by atoms with Crippen LogP contribution in [0, 0.1) is 0 Å². The van der Waals surface area contributed by atoms with Crippen molar-refractivity contribution in [3.05, 3.63) is 29.8 Å². The van der Waals surface area contributed by atoms with Gasteiger partial charge < -0.3 is 10.1 Å². The quantitative estimate of drug-likeness (QED) is 0.824. The van der Waals surface area contributed by atoms with Crippen molar-refractivity contribution >= 4 is 11.8 Å². The summed E-state index contributed by atoms with van der Waals surface area (Å²) in [5, 5.41) is 3.86. The summed E-state index contributed by atoms with van der Waals surface area (Å²) in [6.07, 6.45) is 1.10. The first kappa shape index (κ1) is 11.0. The van der Waals surface area contributed by atoms with Crippen LogP contribution in [0.2, 0.25) is 0 Å². The highest BCUT2D eigenvalue weighted by atomic mass is 32.2. The van der Waals surface area contributed by atoms with E-state index < -0.39 is 0 Å². The Bertz CT molecular complexity index is 312. The van der Waals surface area contributed by atoms with Gasteiger partial charge in [0.1, 0.15) is 0 Å². The number of rotatable bonds is 5. The highest BCUT2D eigenvalue weighted by Crippen LogP contribution is 2.30. The highest BCUT2D eigenvalue weighted by molar-refractivity contribution is 8.00. The molecule has 1 saturated heterocycles. The Labute approximate surface area is 95.4 Å². The second-order valence-corrected chi connectivity index (χ2v) is 5.08. The molecule has 1 heterocycles. The van der Waals surface area contributed by atoms with E-state index in [1.54, 1.807) is 0 Å². The molecule has 0 bridgehead atoms. The zero-order chi connectivity index (χ0) is 10.5. The standard InChI is InChI=1S/C12H17NOS/c1-13-7-6-10-4-2-3-5-12(10)15-11-8-14-9-11/h2-5,11,13H,6-9H2,1H3. The van der Waals surface area contributed by atoms with Crippen LogP contribution in [0.15, 0.2) is 29.2 Å². The molecule has 2 rings (SSSR count). The fourth-order valence-corrected chi connectivity index (χ4v) is 2.71. The van der Waals surface area contributed by atoms with E-state index >= 15 is 0 Å². The van der Waals surface area contributed by atoms with Gasteiger partial charge >= 0.3 is 0 Å². The number of thioether (sulfide) groups is 1. The second-order valence-electron chi connectivity index (χ2n) is 3.74. The highest BCUT2D eigenvalue weighted by Gasteiger charge is 2.20. The number of hydrogen-bond donors (Lipinski definition) is 1. The van der Waals surface area contributed by atoms with E-state index in [1.807, 2.05) is 18.8 Å². The van der Waals surface area contributed by atoms with Crippen LogP contribution in [0.5, 0.6) is 0 Å². The summed E-state index contributed by atoms with van der Waals surface area (Å²) in [4.78, 5) is 1.42. The largest absolute Gasteiger partial charge is 0.379 e. The van der Waals surface area contributed by atoms with Gasteiger partial charge in [-0.05, 0) is 31.6 Å². The van der Waals surface area contributed by atoms with Crippen LogP contribution in [-0.4, -0.2) is 32.1 Å². The minimum Gasteiger partial charge on any atom is -0.379 e. The Kier molecular flexibility index (Phi) is 4.06. The van der Waals surface area contributed by atoms with Crippen molar-refractivity contribution < 1.29 is 4.74 Å². The van der Waals surface area contributed by atoms with Gasteiger partial charge in [0, 0.05) is 4.90 Å². The van der Waals surface area contributed by atoms with Crippen molar-refractivity contribution in [3.8, 4) is 0 Å². The molecule has 1 aliphatic rings. The second kappa shape index (κ2) is 5.54. The number of hydrogen-bond acceptors (Lipinski definition) is 3. The van der Waals surface area contributed by atoms with Crippen molar-refractivity contribution in [2.75, 3.05) is 26.8 Å². The fraction of sp³-hybridized carbons (Fsp3) is 0.500. The molecule has 1 aromatic rings. The molecule has 0 spiro atoms. The first-order valence-corrected chi connectivity index (χ1v) is 6.25. The molecule has 0 saturated carbocycles. The molecule has 15 heavy (non-hydrogen) atoms. The zero-order valence-corrected chi connectivity index (χ0v) is 9.85. The van der Waals surface area contributed by atoms with Crippen molar-refractivity contribution in [2.24, 2.45) is 0 Å². The van der Waals surface area contributed by atoms with E-state index in [4.69, 9.17) is 4.74 Å². The molecule has 0 unspecified atom stereocenters. The van der Waals surface area contributed by atoms with Gasteiger partial charge in [0.05, 0.1) is 18.5 Å². The molecule has 0 aliphatic carbocycles. The Morgan fingerprint density at radius 3 is 2.87 bits per heavy atom. The molecule has 82 valence electrons. The summed E-state index contributed by atoms with van der Waals surface area (Å²) in [7, 11) is 2.00. The zero-order valence-electron chi connectivity index (χ0n) is 9.03. The van der Waals surface area contributed by atoms with Crippen LogP contribution in [0.1, 0.15) is 5.56 Å². The molecule has 1 aliphatic heterocycles. The van der Waals surface area contributed by atoms with Crippen molar-refractivity contribution in [3.63, 3.8) is 0 Å². The summed E-state index contributed by atoms with van der Waals surface area (Å²) in [6, 6.07) is 8.67. The molecule has 0 aromatic heterocycles. The number of likely N-dealkylation sites (N-methyl/N-ethyl adjacent to an activating group) is 1. The smallest absolute Gasteiger partial charge is 0.0611 e. The molecule has 1 aromatic carbocycles. The van der Waals surface area contributed by atoms with Crippen molar-refractivity contribution in [2.45, 2.75) is 16.6 Å². The molecule has 1 fully saturated rings. The van der Waals surface area contributed by atoms with Gasteiger partial charge in [-0.15, -0.1) is 11.8 Å². The van der Waals surface area contributed by atoms with E-state index in [0.29, 0.717) is 5.25 Å². The predicted octanol–water partition coefficient (Wildman–Crippen LogP) is 1.94. The van der Waals surface area contributed by atoms with Crippen LogP contribution in [0.3, 0.4) is 0 Å².